The zero-order valence-corrected chi connectivity index (χ0v) is 7.03. The first kappa shape index (κ1) is 10.5. The fourth-order valence-corrected chi connectivity index (χ4v) is 0.576. The van der Waals surface area contributed by atoms with Crippen molar-refractivity contribution in [2.45, 2.75) is 0 Å². The number of hydrogen-bond acceptors (Lipinski definition) is 2. The Bertz CT molecular complexity index is 187. The second kappa shape index (κ2) is 6.22. The molecule has 0 aliphatic rings. The molecule has 0 aliphatic carbocycles. The fraction of sp³-hybridized carbons (Fsp3) is 0.222. The van der Waals surface area contributed by atoms with Crippen LogP contribution >= 0.6 is 0 Å². The second-order valence-electron chi connectivity index (χ2n) is 1.99. The lowest BCUT2D eigenvalue weighted by Crippen LogP contribution is -2.26. The van der Waals surface area contributed by atoms with Crippen LogP contribution in [0.5, 0.6) is 0 Å². The van der Waals surface area contributed by atoms with E-state index in [1.54, 1.807) is 6.08 Å². The predicted molar refractivity (Wildman–Crippen MR) is 48.6 cm³/mol. The van der Waals surface area contributed by atoms with Gasteiger partial charge < -0.3 is 4.74 Å². The van der Waals surface area contributed by atoms with Crippen molar-refractivity contribution in [3.05, 3.63) is 38.1 Å². The molecule has 0 unspecified atom stereocenters. The molecule has 1 amide bonds. The molecule has 3 heteroatoms. The molecule has 0 aromatic rings. The molecule has 0 radical (unpaired) electrons. The molecule has 0 aromatic heterocycles. The fourth-order valence-electron chi connectivity index (χ4n) is 0.576. The summed E-state index contributed by atoms with van der Waals surface area (Å²) in [4.78, 5) is 12.4. The Morgan fingerprint density at radius 3 is 2.42 bits per heavy atom. The van der Waals surface area contributed by atoms with Crippen LogP contribution in [0.15, 0.2) is 38.1 Å². The molecule has 0 spiro atoms. The van der Waals surface area contributed by atoms with E-state index >= 15 is 0 Å². The first-order valence-corrected chi connectivity index (χ1v) is 3.54. The highest BCUT2D eigenvalue weighted by Crippen LogP contribution is 1.94. The topological polar surface area (TPSA) is 29.5 Å². The Morgan fingerprint density at radius 2 is 2.00 bits per heavy atom. The van der Waals surface area contributed by atoms with Crippen LogP contribution in [-0.4, -0.2) is 24.1 Å². The van der Waals surface area contributed by atoms with E-state index in [2.05, 4.69) is 19.7 Å². The Labute approximate surface area is 72.6 Å². The highest BCUT2D eigenvalue weighted by atomic mass is 16.6. The molecule has 0 heterocycles. The van der Waals surface area contributed by atoms with Crippen LogP contribution in [0.3, 0.4) is 0 Å². The zero-order valence-electron chi connectivity index (χ0n) is 7.03. The smallest absolute Gasteiger partial charge is 0.414 e. The number of amides is 1. The van der Waals surface area contributed by atoms with Gasteiger partial charge in [0, 0.05) is 12.7 Å². The first-order chi connectivity index (χ1) is 5.76. The summed E-state index contributed by atoms with van der Waals surface area (Å²) in [6.45, 7) is 11.0. The van der Waals surface area contributed by atoms with E-state index in [9.17, 15) is 4.79 Å². The molecule has 0 fully saturated rings. The minimum absolute atomic E-state index is 0.209. The third-order valence-corrected chi connectivity index (χ3v) is 1.11. The van der Waals surface area contributed by atoms with Crippen LogP contribution in [0.2, 0.25) is 0 Å². The molecule has 0 bridgehead atoms. The zero-order chi connectivity index (χ0) is 9.40. The molecular formula is C9H13NO2. The van der Waals surface area contributed by atoms with E-state index in [0.717, 1.165) is 0 Å². The maximum atomic E-state index is 11.1. The summed E-state index contributed by atoms with van der Waals surface area (Å²) in [5.74, 6) is 0. The van der Waals surface area contributed by atoms with Gasteiger partial charge in [-0.25, -0.2) is 4.79 Å². The summed E-state index contributed by atoms with van der Waals surface area (Å²) in [5, 5.41) is 0. The number of nitrogens with zero attached hydrogens (tertiary/aromatic N) is 1. The summed E-state index contributed by atoms with van der Waals surface area (Å²) in [6, 6.07) is 0. The van der Waals surface area contributed by atoms with Gasteiger partial charge in [-0.2, -0.15) is 0 Å². The van der Waals surface area contributed by atoms with E-state index in [4.69, 9.17) is 4.74 Å². The second-order valence-corrected chi connectivity index (χ2v) is 1.99. The van der Waals surface area contributed by atoms with Crippen molar-refractivity contribution in [2.24, 2.45) is 0 Å². The maximum Gasteiger partial charge on any atom is 0.414 e. The standard InChI is InChI=1S/C9H13NO2/c1-4-7-10(6-3)9(11)12-8-5-2/h4-6H,1-3,7-8H2. The molecule has 3 nitrogen and oxygen atoms in total. The molecule has 66 valence electrons. The average molecular weight is 167 g/mol. The summed E-state index contributed by atoms with van der Waals surface area (Å²) in [6.07, 6.45) is 4.06. The van der Waals surface area contributed by atoms with E-state index in [-0.39, 0.29) is 6.61 Å². The average Bonchev–Trinajstić information content (AvgIpc) is 2.10. The van der Waals surface area contributed by atoms with Crippen molar-refractivity contribution in [2.75, 3.05) is 13.2 Å². The lowest BCUT2D eigenvalue weighted by molar-refractivity contribution is 0.131. The summed E-state index contributed by atoms with van der Waals surface area (Å²) < 4.78 is 4.75. The Kier molecular flexibility index (Phi) is 5.43. The quantitative estimate of drug-likeness (QED) is 0.585. The first-order valence-electron chi connectivity index (χ1n) is 3.54. The van der Waals surface area contributed by atoms with Gasteiger partial charge in [-0.15, -0.1) is 6.58 Å². The van der Waals surface area contributed by atoms with Crippen LogP contribution in [0, 0.1) is 0 Å². The SMILES string of the molecule is C=CCOC(=O)N(C=C)CC=C. The molecule has 0 aromatic carbocycles. The van der Waals surface area contributed by atoms with Gasteiger partial charge in [-0.3, -0.25) is 4.90 Å². The van der Waals surface area contributed by atoms with Gasteiger partial charge in [-0.05, 0) is 0 Å². The molecule has 0 saturated heterocycles. The maximum absolute atomic E-state index is 11.1. The van der Waals surface area contributed by atoms with E-state index < -0.39 is 6.09 Å². The Balaban J connectivity index is 3.92. The molecule has 0 atom stereocenters. The van der Waals surface area contributed by atoms with Gasteiger partial charge in [-0.1, -0.05) is 25.3 Å². The Morgan fingerprint density at radius 1 is 1.33 bits per heavy atom. The van der Waals surface area contributed by atoms with E-state index in [0.29, 0.717) is 6.54 Å². The summed E-state index contributed by atoms with van der Waals surface area (Å²) in [7, 11) is 0. The van der Waals surface area contributed by atoms with Gasteiger partial charge in [0.2, 0.25) is 0 Å². The van der Waals surface area contributed by atoms with E-state index in [1.807, 2.05) is 0 Å². The van der Waals surface area contributed by atoms with Crippen molar-refractivity contribution in [1.29, 1.82) is 0 Å². The highest BCUT2D eigenvalue weighted by Gasteiger charge is 2.07. The van der Waals surface area contributed by atoms with Crippen LogP contribution in [0.1, 0.15) is 0 Å². The number of ether oxygens (including phenoxy) is 1. The van der Waals surface area contributed by atoms with Crippen molar-refractivity contribution in [3.63, 3.8) is 0 Å². The lowest BCUT2D eigenvalue weighted by Gasteiger charge is -2.14. The molecule has 0 saturated carbocycles. The number of carbonyl (C=O) groups is 1. The van der Waals surface area contributed by atoms with Crippen molar-refractivity contribution >= 4 is 6.09 Å². The summed E-state index contributed by atoms with van der Waals surface area (Å²) in [5.41, 5.74) is 0. The molecular weight excluding hydrogens is 154 g/mol. The van der Waals surface area contributed by atoms with Gasteiger partial charge in [0.15, 0.2) is 0 Å². The van der Waals surface area contributed by atoms with Gasteiger partial charge in [0.05, 0.1) is 0 Å². The normalized spacial score (nSPS) is 8.33. The Hall–Kier alpha value is -1.51. The van der Waals surface area contributed by atoms with Crippen LogP contribution < -0.4 is 0 Å². The van der Waals surface area contributed by atoms with Crippen LogP contribution in [-0.2, 0) is 4.74 Å². The van der Waals surface area contributed by atoms with E-state index in [1.165, 1.54) is 17.2 Å². The van der Waals surface area contributed by atoms with Crippen molar-refractivity contribution in [3.8, 4) is 0 Å². The highest BCUT2D eigenvalue weighted by molar-refractivity contribution is 5.69. The monoisotopic (exact) mass is 167 g/mol. The number of carbonyl (C=O) groups excluding carboxylic acids is 1. The van der Waals surface area contributed by atoms with Crippen molar-refractivity contribution in [1.82, 2.24) is 4.90 Å². The minimum atomic E-state index is -0.440. The van der Waals surface area contributed by atoms with Gasteiger partial charge >= 0.3 is 6.09 Å². The number of rotatable bonds is 5. The third-order valence-electron chi connectivity index (χ3n) is 1.11. The van der Waals surface area contributed by atoms with Gasteiger partial charge in [0.1, 0.15) is 6.61 Å². The minimum Gasteiger partial charge on any atom is -0.445 e. The molecule has 0 rings (SSSR count). The number of hydrogen-bond donors (Lipinski definition) is 0. The van der Waals surface area contributed by atoms with Crippen molar-refractivity contribution < 1.29 is 9.53 Å². The predicted octanol–water partition coefficient (Wildman–Crippen LogP) is 1.94. The molecule has 12 heavy (non-hydrogen) atoms. The van der Waals surface area contributed by atoms with Crippen LogP contribution in [0.4, 0.5) is 4.79 Å². The van der Waals surface area contributed by atoms with Gasteiger partial charge in [0.25, 0.3) is 0 Å². The van der Waals surface area contributed by atoms with Crippen LogP contribution in [0.25, 0.3) is 0 Å². The molecule has 0 N–H and O–H groups in total. The lowest BCUT2D eigenvalue weighted by atomic mass is 10.5. The largest absolute Gasteiger partial charge is 0.445 e. The summed E-state index contributed by atoms with van der Waals surface area (Å²) >= 11 is 0. The molecule has 0 aliphatic heterocycles. The third kappa shape index (κ3) is 3.61.